The van der Waals surface area contributed by atoms with Gasteiger partial charge in [0.2, 0.25) is 0 Å². The lowest BCUT2D eigenvalue weighted by molar-refractivity contribution is 0.0928. The van der Waals surface area contributed by atoms with E-state index in [2.05, 4.69) is 28.6 Å². The van der Waals surface area contributed by atoms with Crippen LogP contribution in [0.5, 0.6) is 0 Å². The van der Waals surface area contributed by atoms with Crippen molar-refractivity contribution in [3.63, 3.8) is 0 Å². The number of hydrogen-bond donors (Lipinski definition) is 2. The van der Waals surface area contributed by atoms with E-state index in [0.29, 0.717) is 12.2 Å². The molecule has 1 heterocycles. The molecule has 1 amide bonds. The zero-order chi connectivity index (χ0) is 16.4. The van der Waals surface area contributed by atoms with Crippen molar-refractivity contribution in [2.24, 2.45) is 12.8 Å². The summed E-state index contributed by atoms with van der Waals surface area (Å²) < 4.78 is 1.58. The van der Waals surface area contributed by atoms with E-state index < -0.39 is 0 Å². The monoisotopic (exact) mass is 344 g/mol. The SMILES string of the molecule is Cc1cc(C(=O)N[C@@H](CN)c2ccc3ccccc3c2)n(C)n1.Cl. The molecular formula is C18H21ClN4O. The van der Waals surface area contributed by atoms with Crippen molar-refractivity contribution in [3.05, 3.63) is 65.5 Å². The minimum absolute atomic E-state index is 0. The summed E-state index contributed by atoms with van der Waals surface area (Å²) in [5, 5.41) is 9.50. The van der Waals surface area contributed by atoms with E-state index in [1.807, 2.05) is 31.2 Å². The van der Waals surface area contributed by atoms with Crippen molar-refractivity contribution < 1.29 is 4.79 Å². The topological polar surface area (TPSA) is 72.9 Å². The lowest BCUT2D eigenvalue weighted by Crippen LogP contribution is -2.34. The predicted octanol–water partition coefficient (Wildman–Crippen LogP) is 2.73. The van der Waals surface area contributed by atoms with Crippen LogP contribution in [0.25, 0.3) is 10.8 Å². The van der Waals surface area contributed by atoms with Crippen LogP contribution < -0.4 is 11.1 Å². The zero-order valence-corrected chi connectivity index (χ0v) is 14.5. The van der Waals surface area contributed by atoms with Crippen molar-refractivity contribution in [2.45, 2.75) is 13.0 Å². The second-order valence-corrected chi connectivity index (χ2v) is 5.66. The van der Waals surface area contributed by atoms with Crippen LogP contribution in [0.1, 0.15) is 27.8 Å². The number of aromatic nitrogens is 2. The number of carbonyl (C=O) groups is 1. The Kier molecular flexibility index (Phi) is 5.59. The molecule has 0 saturated heterocycles. The van der Waals surface area contributed by atoms with Crippen LogP contribution >= 0.6 is 12.4 Å². The van der Waals surface area contributed by atoms with Crippen LogP contribution in [0, 0.1) is 6.92 Å². The van der Waals surface area contributed by atoms with Gasteiger partial charge in [0.25, 0.3) is 5.91 Å². The molecule has 0 aliphatic carbocycles. The molecule has 24 heavy (non-hydrogen) atoms. The number of rotatable bonds is 4. The molecule has 0 aliphatic rings. The van der Waals surface area contributed by atoms with E-state index in [1.165, 1.54) is 5.39 Å². The maximum atomic E-state index is 12.5. The molecule has 1 aromatic heterocycles. The fourth-order valence-corrected chi connectivity index (χ4v) is 2.76. The Morgan fingerprint density at radius 1 is 1.21 bits per heavy atom. The highest BCUT2D eigenvalue weighted by Crippen LogP contribution is 2.20. The van der Waals surface area contributed by atoms with Crippen LogP contribution in [0.4, 0.5) is 0 Å². The van der Waals surface area contributed by atoms with E-state index in [9.17, 15) is 4.79 Å². The molecule has 0 aliphatic heterocycles. The van der Waals surface area contributed by atoms with Crippen molar-refractivity contribution in [3.8, 4) is 0 Å². The third-order valence-corrected chi connectivity index (χ3v) is 3.95. The van der Waals surface area contributed by atoms with Gasteiger partial charge >= 0.3 is 0 Å². The number of amides is 1. The lowest BCUT2D eigenvalue weighted by Gasteiger charge is -2.18. The first kappa shape index (κ1) is 18.0. The molecule has 0 radical (unpaired) electrons. The summed E-state index contributed by atoms with van der Waals surface area (Å²) in [6.07, 6.45) is 0. The zero-order valence-electron chi connectivity index (χ0n) is 13.7. The molecule has 0 fully saturated rings. The van der Waals surface area contributed by atoms with Gasteiger partial charge in [0.05, 0.1) is 11.7 Å². The molecule has 0 bridgehead atoms. The Balaban J connectivity index is 0.00000208. The summed E-state index contributed by atoms with van der Waals surface area (Å²) in [5.41, 5.74) is 8.22. The van der Waals surface area contributed by atoms with Gasteiger partial charge in [0.1, 0.15) is 5.69 Å². The van der Waals surface area contributed by atoms with Gasteiger partial charge in [-0.1, -0.05) is 36.4 Å². The average molecular weight is 345 g/mol. The number of nitrogens with zero attached hydrogens (tertiary/aromatic N) is 2. The number of carbonyl (C=O) groups excluding carboxylic acids is 1. The number of aryl methyl sites for hydroxylation is 2. The predicted molar refractivity (Wildman–Crippen MR) is 98.4 cm³/mol. The van der Waals surface area contributed by atoms with E-state index in [0.717, 1.165) is 16.6 Å². The van der Waals surface area contributed by atoms with Gasteiger partial charge in [0.15, 0.2) is 0 Å². The largest absolute Gasteiger partial charge is 0.343 e. The Morgan fingerprint density at radius 2 is 1.92 bits per heavy atom. The molecule has 6 heteroatoms. The Morgan fingerprint density at radius 3 is 2.54 bits per heavy atom. The first-order chi connectivity index (χ1) is 11.1. The molecule has 5 nitrogen and oxygen atoms in total. The Hall–Kier alpha value is -2.37. The maximum absolute atomic E-state index is 12.5. The number of benzene rings is 2. The summed E-state index contributed by atoms with van der Waals surface area (Å²) in [7, 11) is 1.76. The number of nitrogens with one attached hydrogen (secondary N) is 1. The van der Waals surface area contributed by atoms with Crippen molar-refractivity contribution in [2.75, 3.05) is 6.54 Å². The highest BCUT2D eigenvalue weighted by molar-refractivity contribution is 5.93. The van der Waals surface area contributed by atoms with Crippen molar-refractivity contribution >= 4 is 29.1 Å². The summed E-state index contributed by atoms with van der Waals surface area (Å²) in [6.45, 7) is 2.20. The molecule has 0 spiro atoms. The van der Waals surface area contributed by atoms with E-state index in [-0.39, 0.29) is 24.4 Å². The minimum Gasteiger partial charge on any atom is -0.343 e. The van der Waals surface area contributed by atoms with Gasteiger partial charge in [-0.15, -0.1) is 12.4 Å². The summed E-state index contributed by atoms with van der Waals surface area (Å²) in [4.78, 5) is 12.5. The van der Waals surface area contributed by atoms with Gasteiger partial charge in [-0.3, -0.25) is 9.48 Å². The number of hydrogen-bond acceptors (Lipinski definition) is 3. The van der Waals surface area contributed by atoms with Crippen molar-refractivity contribution in [1.29, 1.82) is 0 Å². The molecule has 0 unspecified atom stereocenters. The second-order valence-electron chi connectivity index (χ2n) is 5.66. The van der Waals surface area contributed by atoms with Gasteiger partial charge < -0.3 is 11.1 Å². The first-order valence-corrected chi connectivity index (χ1v) is 7.59. The van der Waals surface area contributed by atoms with Gasteiger partial charge in [0, 0.05) is 13.6 Å². The molecule has 0 saturated carbocycles. The molecule has 3 rings (SSSR count). The van der Waals surface area contributed by atoms with Crippen LogP contribution in [-0.4, -0.2) is 22.2 Å². The third-order valence-electron chi connectivity index (χ3n) is 3.95. The van der Waals surface area contributed by atoms with Crippen LogP contribution in [0.3, 0.4) is 0 Å². The van der Waals surface area contributed by atoms with Gasteiger partial charge in [-0.25, -0.2) is 0 Å². The summed E-state index contributed by atoms with van der Waals surface area (Å²) >= 11 is 0. The molecule has 3 aromatic rings. The van der Waals surface area contributed by atoms with Crippen LogP contribution in [0.15, 0.2) is 48.5 Å². The highest BCUT2D eigenvalue weighted by atomic mass is 35.5. The molecular weight excluding hydrogens is 324 g/mol. The minimum atomic E-state index is -0.234. The normalized spacial score (nSPS) is 11.8. The number of fused-ring (bicyclic) bond motifs is 1. The molecule has 126 valence electrons. The highest BCUT2D eigenvalue weighted by Gasteiger charge is 2.17. The Labute approximate surface area is 147 Å². The third kappa shape index (κ3) is 3.58. The first-order valence-electron chi connectivity index (χ1n) is 7.59. The summed E-state index contributed by atoms with van der Waals surface area (Å²) in [5.74, 6) is -0.170. The van der Waals surface area contributed by atoms with Gasteiger partial charge in [-0.2, -0.15) is 5.10 Å². The summed E-state index contributed by atoms with van der Waals surface area (Å²) in [6, 6.07) is 15.8. The van der Waals surface area contributed by atoms with Crippen LogP contribution in [0.2, 0.25) is 0 Å². The molecule has 1 atom stereocenters. The lowest BCUT2D eigenvalue weighted by atomic mass is 10.0. The van der Waals surface area contributed by atoms with E-state index >= 15 is 0 Å². The van der Waals surface area contributed by atoms with E-state index in [1.54, 1.807) is 17.8 Å². The Bertz CT molecular complexity index is 859. The van der Waals surface area contributed by atoms with Crippen molar-refractivity contribution in [1.82, 2.24) is 15.1 Å². The van der Waals surface area contributed by atoms with E-state index in [4.69, 9.17) is 5.73 Å². The quantitative estimate of drug-likeness (QED) is 0.764. The fraction of sp³-hybridized carbons (Fsp3) is 0.222. The standard InChI is InChI=1S/C18H20N4O.ClH/c1-12-9-17(22(2)21-12)18(23)20-16(11-19)15-8-7-13-5-3-4-6-14(13)10-15;/h3-10,16H,11,19H2,1-2H3,(H,20,23);1H/t16-;/m0./s1. The smallest absolute Gasteiger partial charge is 0.270 e. The molecule has 2 aromatic carbocycles. The van der Waals surface area contributed by atoms with Crippen LogP contribution in [-0.2, 0) is 7.05 Å². The number of halogens is 1. The maximum Gasteiger partial charge on any atom is 0.270 e. The average Bonchev–Trinajstić information content (AvgIpc) is 2.90. The second kappa shape index (κ2) is 7.47. The van der Waals surface area contributed by atoms with Gasteiger partial charge in [-0.05, 0) is 35.4 Å². The number of nitrogens with two attached hydrogens (primary N) is 1. The fourth-order valence-electron chi connectivity index (χ4n) is 2.76. The molecule has 3 N–H and O–H groups in total.